The molecule has 3 rings (SSSR count). The second-order valence-corrected chi connectivity index (χ2v) is 6.87. The summed E-state index contributed by atoms with van der Waals surface area (Å²) in [6.45, 7) is 1.63. The van der Waals surface area contributed by atoms with Gasteiger partial charge in [-0.25, -0.2) is 13.4 Å². The van der Waals surface area contributed by atoms with Crippen LogP contribution in [-0.4, -0.2) is 34.3 Å². The van der Waals surface area contributed by atoms with Crippen LogP contribution in [0.15, 0.2) is 23.5 Å². The molecule has 0 aromatic carbocycles. The van der Waals surface area contributed by atoms with Crippen LogP contribution in [0.25, 0.3) is 11.5 Å². The van der Waals surface area contributed by atoms with Gasteiger partial charge in [0.15, 0.2) is 15.7 Å². The lowest BCUT2D eigenvalue weighted by Gasteiger charge is -2.08. The van der Waals surface area contributed by atoms with Crippen LogP contribution < -0.4 is 0 Å². The van der Waals surface area contributed by atoms with E-state index in [0.717, 1.165) is 18.4 Å². The van der Waals surface area contributed by atoms with Crippen molar-refractivity contribution >= 4 is 9.84 Å². The summed E-state index contributed by atoms with van der Waals surface area (Å²) < 4.78 is 24.4. The van der Waals surface area contributed by atoms with Gasteiger partial charge >= 0.3 is 0 Å². The number of aromatic amines is 1. The minimum absolute atomic E-state index is 0.0456. The summed E-state index contributed by atoms with van der Waals surface area (Å²) in [6, 6.07) is 1.74. The predicted molar refractivity (Wildman–Crippen MR) is 69.3 cm³/mol. The summed E-state index contributed by atoms with van der Waals surface area (Å²) >= 11 is 0. The maximum Gasteiger partial charge on any atom is 0.180 e. The van der Waals surface area contributed by atoms with E-state index < -0.39 is 9.84 Å². The van der Waals surface area contributed by atoms with Gasteiger partial charge in [-0.1, -0.05) is 6.92 Å². The summed E-state index contributed by atoms with van der Waals surface area (Å²) in [6.07, 6.45) is 5.29. The van der Waals surface area contributed by atoms with Crippen LogP contribution in [0.4, 0.5) is 0 Å². The highest BCUT2D eigenvalue weighted by Crippen LogP contribution is 2.41. The zero-order valence-corrected chi connectivity index (χ0v) is 11.3. The zero-order chi connectivity index (χ0) is 13.5. The standard InChI is InChI=1S/C12H14N4O2S/c1-2-19(17,18)10-5-9(8-3-4-8)6-13-11(10)12-14-7-15-16-12/h5-8H,2-4H2,1H3,(H,14,15,16). The van der Waals surface area contributed by atoms with Crippen LogP contribution in [0.1, 0.15) is 31.2 Å². The third-order valence-electron chi connectivity index (χ3n) is 3.28. The Labute approximate surface area is 111 Å². The number of hydrogen-bond donors (Lipinski definition) is 1. The van der Waals surface area contributed by atoms with Crippen molar-refractivity contribution in [2.24, 2.45) is 0 Å². The molecule has 2 aromatic rings. The lowest BCUT2D eigenvalue weighted by molar-refractivity contribution is 0.597. The Hall–Kier alpha value is -1.76. The number of rotatable bonds is 4. The first-order chi connectivity index (χ1) is 9.12. The maximum absolute atomic E-state index is 12.2. The van der Waals surface area contributed by atoms with Crippen molar-refractivity contribution in [2.45, 2.75) is 30.6 Å². The minimum Gasteiger partial charge on any atom is -0.258 e. The second kappa shape index (κ2) is 4.41. The summed E-state index contributed by atoms with van der Waals surface area (Å²) in [5.74, 6) is 0.890. The van der Waals surface area contributed by atoms with Gasteiger partial charge in [-0.15, -0.1) is 0 Å². The quantitative estimate of drug-likeness (QED) is 0.916. The van der Waals surface area contributed by atoms with E-state index in [1.54, 1.807) is 19.2 Å². The Morgan fingerprint density at radius 2 is 2.16 bits per heavy atom. The molecule has 1 fully saturated rings. The molecule has 7 heteroatoms. The predicted octanol–water partition coefficient (Wildman–Crippen LogP) is 1.54. The van der Waals surface area contributed by atoms with Crippen molar-refractivity contribution < 1.29 is 8.42 Å². The van der Waals surface area contributed by atoms with Gasteiger partial charge in [0, 0.05) is 6.20 Å². The number of aromatic nitrogens is 4. The fourth-order valence-electron chi connectivity index (χ4n) is 1.99. The van der Waals surface area contributed by atoms with E-state index in [0.29, 0.717) is 17.4 Å². The van der Waals surface area contributed by atoms with Gasteiger partial charge in [-0.2, -0.15) is 5.10 Å². The highest BCUT2D eigenvalue weighted by molar-refractivity contribution is 7.91. The third kappa shape index (κ3) is 2.25. The average Bonchev–Trinajstić information content (AvgIpc) is 3.13. The van der Waals surface area contributed by atoms with E-state index in [4.69, 9.17) is 0 Å². The Balaban J connectivity index is 2.18. The highest BCUT2D eigenvalue weighted by atomic mass is 32.2. The molecule has 0 unspecified atom stereocenters. The Bertz CT molecular complexity index is 691. The number of pyridine rings is 1. The molecular formula is C12H14N4O2S. The molecule has 0 atom stereocenters. The average molecular weight is 278 g/mol. The normalized spacial score (nSPS) is 15.6. The molecule has 19 heavy (non-hydrogen) atoms. The summed E-state index contributed by atoms with van der Waals surface area (Å²) in [4.78, 5) is 8.52. The van der Waals surface area contributed by atoms with Crippen LogP contribution in [-0.2, 0) is 9.84 Å². The van der Waals surface area contributed by atoms with Crippen LogP contribution in [0.3, 0.4) is 0 Å². The van der Waals surface area contributed by atoms with E-state index in [-0.39, 0.29) is 10.6 Å². The molecule has 2 aromatic heterocycles. The van der Waals surface area contributed by atoms with Gasteiger partial charge < -0.3 is 0 Å². The molecule has 0 aliphatic heterocycles. The molecule has 1 N–H and O–H groups in total. The second-order valence-electron chi connectivity index (χ2n) is 4.63. The summed E-state index contributed by atoms with van der Waals surface area (Å²) in [7, 11) is -3.33. The number of H-pyrrole nitrogens is 1. The first kappa shape index (κ1) is 12.3. The van der Waals surface area contributed by atoms with E-state index in [1.807, 2.05) is 0 Å². The Morgan fingerprint density at radius 3 is 2.74 bits per heavy atom. The van der Waals surface area contributed by atoms with E-state index in [1.165, 1.54) is 6.33 Å². The molecule has 2 heterocycles. The summed E-state index contributed by atoms with van der Waals surface area (Å²) in [5, 5.41) is 6.41. The van der Waals surface area contributed by atoms with Gasteiger partial charge in [0.05, 0.1) is 10.6 Å². The molecule has 1 saturated carbocycles. The van der Waals surface area contributed by atoms with E-state index in [9.17, 15) is 8.42 Å². The van der Waals surface area contributed by atoms with Crippen molar-refractivity contribution in [3.63, 3.8) is 0 Å². The molecule has 0 amide bonds. The minimum atomic E-state index is -3.33. The first-order valence-electron chi connectivity index (χ1n) is 6.20. The van der Waals surface area contributed by atoms with Crippen molar-refractivity contribution in [3.8, 4) is 11.5 Å². The molecule has 1 aliphatic rings. The fraction of sp³-hybridized carbons (Fsp3) is 0.417. The number of sulfone groups is 1. The third-order valence-corrected chi connectivity index (χ3v) is 5.02. The monoisotopic (exact) mass is 278 g/mol. The molecule has 6 nitrogen and oxygen atoms in total. The Kier molecular flexibility index (Phi) is 2.85. The lowest BCUT2D eigenvalue weighted by Crippen LogP contribution is -2.08. The largest absolute Gasteiger partial charge is 0.258 e. The maximum atomic E-state index is 12.2. The van der Waals surface area contributed by atoms with Gasteiger partial charge in [0.25, 0.3) is 0 Å². The van der Waals surface area contributed by atoms with Crippen LogP contribution >= 0.6 is 0 Å². The van der Waals surface area contributed by atoms with Crippen molar-refractivity contribution in [3.05, 3.63) is 24.2 Å². The van der Waals surface area contributed by atoms with Crippen molar-refractivity contribution in [2.75, 3.05) is 5.75 Å². The van der Waals surface area contributed by atoms with Crippen LogP contribution in [0, 0.1) is 0 Å². The molecule has 0 spiro atoms. The van der Waals surface area contributed by atoms with Gasteiger partial charge in [0.1, 0.15) is 12.0 Å². The molecule has 0 radical (unpaired) electrons. The number of nitrogens with zero attached hydrogens (tertiary/aromatic N) is 3. The zero-order valence-electron chi connectivity index (χ0n) is 10.5. The number of nitrogens with one attached hydrogen (secondary N) is 1. The fourth-order valence-corrected chi connectivity index (χ4v) is 3.06. The smallest absolute Gasteiger partial charge is 0.180 e. The summed E-state index contributed by atoms with van der Waals surface area (Å²) in [5.41, 5.74) is 1.35. The Morgan fingerprint density at radius 1 is 1.37 bits per heavy atom. The van der Waals surface area contributed by atoms with Gasteiger partial charge in [-0.05, 0) is 30.4 Å². The van der Waals surface area contributed by atoms with Gasteiger partial charge in [0.2, 0.25) is 0 Å². The molecule has 100 valence electrons. The van der Waals surface area contributed by atoms with Crippen molar-refractivity contribution in [1.82, 2.24) is 20.2 Å². The molecule has 1 aliphatic carbocycles. The van der Waals surface area contributed by atoms with E-state index >= 15 is 0 Å². The topological polar surface area (TPSA) is 88.6 Å². The highest BCUT2D eigenvalue weighted by Gasteiger charge is 2.28. The SMILES string of the molecule is CCS(=O)(=O)c1cc(C2CC2)cnc1-c1ncn[nH]1. The number of hydrogen-bond acceptors (Lipinski definition) is 5. The lowest BCUT2D eigenvalue weighted by atomic mass is 10.2. The van der Waals surface area contributed by atoms with E-state index in [2.05, 4.69) is 20.2 Å². The first-order valence-corrected chi connectivity index (χ1v) is 7.85. The molecule has 0 bridgehead atoms. The van der Waals surface area contributed by atoms with Gasteiger partial charge in [-0.3, -0.25) is 10.1 Å². The van der Waals surface area contributed by atoms with Crippen molar-refractivity contribution in [1.29, 1.82) is 0 Å². The van der Waals surface area contributed by atoms with Crippen LogP contribution in [0.5, 0.6) is 0 Å². The molecular weight excluding hydrogens is 264 g/mol. The van der Waals surface area contributed by atoms with Crippen LogP contribution in [0.2, 0.25) is 0 Å². The molecule has 0 saturated heterocycles.